The number of halogens is 2. The zero-order chi connectivity index (χ0) is 24.3. The first-order chi connectivity index (χ1) is 16.2. The van der Waals surface area contributed by atoms with Gasteiger partial charge in [0, 0.05) is 17.8 Å². The molecule has 3 N–H and O–H groups in total. The molecule has 1 aliphatic rings. The Labute approximate surface area is 209 Å². The number of benzene rings is 2. The van der Waals surface area contributed by atoms with Gasteiger partial charge in [-0.1, -0.05) is 47.5 Å². The first kappa shape index (κ1) is 24.4. The molecule has 6 nitrogen and oxygen atoms in total. The number of anilines is 1. The van der Waals surface area contributed by atoms with E-state index in [1.54, 1.807) is 25.1 Å². The minimum Gasteiger partial charge on any atom is -0.331 e. The number of carbonyl (C=O) groups excluding carboxylic acids is 1. The van der Waals surface area contributed by atoms with E-state index in [9.17, 15) is 13.2 Å². The Morgan fingerprint density at radius 1 is 1.15 bits per heavy atom. The molecule has 3 aromatic carbocycles. The summed E-state index contributed by atoms with van der Waals surface area (Å²) in [6, 6.07) is 18.1. The van der Waals surface area contributed by atoms with Gasteiger partial charge in [0.1, 0.15) is 5.02 Å². The Morgan fingerprint density at radius 2 is 1.91 bits per heavy atom. The summed E-state index contributed by atoms with van der Waals surface area (Å²) in [5.74, 6) is -0.0834. The van der Waals surface area contributed by atoms with Crippen molar-refractivity contribution in [3.05, 3.63) is 93.0 Å². The maximum absolute atomic E-state index is 12.9. The number of nitrogens with one attached hydrogen (secondary N) is 3. The zero-order valence-corrected chi connectivity index (χ0v) is 20.7. The highest BCUT2D eigenvalue weighted by Gasteiger charge is 2.18. The van der Waals surface area contributed by atoms with Gasteiger partial charge in [-0.25, -0.2) is 13.2 Å². The lowest BCUT2D eigenvalue weighted by molar-refractivity contribution is 0.249. The lowest BCUT2D eigenvalue weighted by Crippen LogP contribution is -2.31. The van der Waals surface area contributed by atoms with Gasteiger partial charge < -0.3 is 16.0 Å². The van der Waals surface area contributed by atoms with Gasteiger partial charge in [-0.3, -0.25) is 0 Å². The highest BCUT2D eigenvalue weighted by atomic mass is 35.5. The molecule has 9 heteroatoms. The molecule has 1 atom stereocenters. The number of hydrogen-bond donors (Lipinski definition) is 3. The summed E-state index contributed by atoms with van der Waals surface area (Å²) in [6.45, 7) is 3.45. The van der Waals surface area contributed by atoms with E-state index in [-0.39, 0.29) is 15.7 Å². The predicted molar refractivity (Wildman–Crippen MR) is 134 cm³/mol. The van der Waals surface area contributed by atoms with Crippen molar-refractivity contribution in [1.29, 1.82) is 0 Å². The third kappa shape index (κ3) is 5.65. The van der Waals surface area contributed by atoms with Gasteiger partial charge in [0.25, 0.3) is 0 Å². The number of fused-ring (bicyclic) bond motifs is 1. The molecular weight excluding hydrogens is 493 g/mol. The second kappa shape index (κ2) is 10.2. The molecule has 0 saturated carbocycles. The number of carbonyl (C=O) groups is 1. The van der Waals surface area contributed by atoms with Crippen LogP contribution in [-0.4, -0.2) is 21.0 Å². The molecule has 0 fully saturated rings. The van der Waals surface area contributed by atoms with Crippen molar-refractivity contribution in [1.82, 2.24) is 10.6 Å². The van der Waals surface area contributed by atoms with Gasteiger partial charge in [-0.15, -0.1) is 0 Å². The Bertz CT molecular complexity index is 1310. The lowest BCUT2D eigenvalue weighted by atomic mass is 9.99. The van der Waals surface area contributed by atoms with Crippen LogP contribution in [-0.2, 0) is 28.6 Å². The van der Waals surface area contributed by atoms with E-state index in [1.807, 2.05) is 18.2 Å². The largest absolute Gasteiger partial charge is 0.331 e. The van der Waals surface area contributed by atoms with Crippen molar-refractivity contribution >= 4 is 44.8 Å². The standard InChI is InChI=1S/C25H23Cl2N3O3S/c1-16(22-3-2-4-23(26)24(22)27)29-25(31)30-20-7-9-21(10-8-20)34(32,33)15-17-5-6-18-11-12-28-14-19(18)13-17/h3,5-10,13,16,28H,11-12,14-15H2,1H3,(H2,29,30,31)/t16-/m0/s1. The van der Waals surface area contributed by atoms with E-state index < -0.39 is 21.9 Å². The first-order valence-electron chi connectivity index (χ1n) is 10.7. The van der Waals surface area contributed by atoms with Crippen LogP contribution in [0.2, 0.25) is 10.0 Å². The Morgan fingerprint density at radius 3 is 2.68 bits per heavy atom. The molecule has 0 radical (unpaired) electrons. The topological polar surface area (TPSA) is 87.3 Å². The Hall–Kier alpha value is -2.76. The molecule has 0 spiro atoms. The Balaban J connectivity index is 1.39. The molecule has 0 aliphatic carbocycles. The monoisotopic (exact) mass is 515 g/mol. The molecule has 4 rings (SSSR count). The van der Waals surface area contributed by atoms with Crippen LogP contribution in [0.3, 0.4) is 0 Å². The summed E-state index contributed by atoms with van der Waals surface area (Å²) < 4.78 is 25.8. The number of hydrogen-bond acceptors (Lipinski definition) is 4. The van der Waals surface area contributed by atoms with Crippen LogP contribution >= 0.6 is 23.2 Å². The maximum Gasteiger partial charge on any atom is 0.319 e. The molecule has 0 bridgehead atoms. The van der Waals surface area contributed by atoms with E-state index in [1.165, 1.54) is 17.7 Å². The minimum atomic E-state index is -3.53. The van der Waals surface area contributed by atoms with Crippen LogP contribution in [0.4, 0.5) is 10.5 Å². The number of sulfone groups is 1. The van der Waals surface area contributed by atoms with Crippen molar-refractivity contribution in [2.24, 2.45) is 0 Å². The molecular formula is C25H23Cl2N3O3S. The molecule has 0 unspecified atom stereocenters. The van der Waals surface area contributed by atoms with Crippen molar-refractivity contribution in [2.75, 3.05) is 11.9 Å². The van der Waals surface area contributed by atoms with Crippen LogP contribution in [0, 0.1) is 12.1 Å². The summed E-state index contributed by atoms with van der Waals surface area (Å²) in [5.41, 5.74) is 4.24. The second-order valence-corrected chi connectivity index (χ2v) is 10.9. The predicted octanol–water partition coefficient (Wildman–Crippen LogP) is 5.10. The van der Waals surface area contributed by atoms with Crippen LogP contribution < -0.4 is 16.0 Å². The molecule has 34 heavy (non-hydrogen) atoms. The highest BCUT2D eigenvalue weighted by molar-refractivity contribution is 7.90. The van der Waals surface area contributed by atoms with Crippen molar-refractivity contribution in [2.45, 2.75) is 36.6 Å². The van der Waals surface area contributed by atoms with Gasteiger partial charge in [0.2, 0.25) is 0 Å². The van der Waals surface area contributed by atoms with Crippen LogP contribution in [0.15, 0.2) is 53.4 Å². The summed E-state index contributed by atoms with van der Waals surface area (Å²) in [7, 11) is -3.53. The quantitative estimate of drug-likeness (QED) is 0.426. The maximum atomic E-state index is 12.9. The molecule has 176 valence electrons. The molecule has 1 heterocycles. The summed E-state index contributed by atoms with van der Waals surface area (Å²) in [5, 5.41) is 9.30. The fraction of sp³-hybridized carbons (Fsp3) is 0.240. The fourth-order valence-corrected chi connectivity index (χ4v) is 5.62. The van der Waals surface area contributed by atoms with E-state index in [4.69, 9.17) is 23.2 Å². The fourth-order valence-electron chi connectivity index (χ4n) is 3.85. The Kier molecular flexibility index (Phi) is 7.34. The lowest BCUT2D eigenvalue weighted by Gasteiger charge is -2.18. The van der Waals surface area contributed by atoms with Gasteiger partial charge >= 0.3 is 6.03 Å². The molecule has 0 aromatic heterocycles. The summed E-state index contributed by atoms with van der Waals surface area (Å²) in [4.78, 5) is 12.6. The number of rotatable bonds is 6. The number of amides is 2. The molecule has 1 aliphatic heterocycles. The van der Waals surface area contributed by atoms with Crippen molar-refractivity contribution in [3.63, 3.8) is 0 Å². The highest BCUT2D eigenvalue weighted by Crippen LogP contribution is 2.28. The van der Waals surface area contributed by atoms with Gasteiger partial charge in [0.05, 0.1) is 21.7 Å². The van der Waals surface area contributed by atoms with Crippen LogP contribution in [0.5, 0.6) is 0 Å². The average molecular weight is 516 g/mol. The summed E-state index contributed by atoms with van der Waals surface area (Å²) >= 11 is 12.1. The second-order valence-electron chi connectivity index (χ2n) is 8.13. The van der Waals surface area contributed by atoms with Gasteiger partial charge in [-0.2, -0.15) is 0 Å². The van der Waals surface area contributed by atoms with Crippen LogP contribution in [0.1, 0.15) is 35.2 Å². The first-order valence-corrected chi connectivity index (χ1v) is 13.1. The van der Waals surface area contributed by atoms with Crippen molar-refractivity contribution in [3.8, 4) is 0 Å². The van der Waals surface area contributed by atoms with Gasteiger partial charge in [-0.05, 0) is 73.0 Å². The molecule has 2 amide bonds. The molecule has 3 aromatic rings. The average Bonchev–Trinajstić information content (AvgIpc) is 2.80. The van der Waals surface area contributed by atoms with E-state index >= 15 is 0 Å². The SMILES string of the molecule is C[C@H](NC(=O)Nc1ccc(S(=O)(=O)Cc2ccc3c(c2)CNCC3)cc1)c1cc#cc(Cl)c1Cl. The minimum absolute atomic E-state index is 0.0834. The zero-order valence-electron chi connectivity index (χ0n) is 18.4. The molecule has 0 saturated heterocycles. The van der Waals surface area contributed by atoms with E-state index in [0.29, 0.717) is 16.3 Å². The van der Waals surface area contributed by atoms with Gasteiger partial charge in [0.15, 0.2) is 9.84 Å². The smallest absolute Gasteiger partial charge is 0.319 e. The van der Waals surface area contributed by atoms with E-state index in [0.717, 1.165) is 30.6 Å². The van der Waals surface area contributed by atoms with Crippen LogP contribution in [0.25, 0.3) is 0 Å². The third-order valence-corrected chi connectivity index (χ3v) is 8.15. The normalized spacial score (nSPS) is 14.0. The number of urea groups is 1. The third-order valence-electron chi connectivity index (χ3n) is 5.66. The van der Waals surface area contributed by atoms with E-state index in [2.05, 4.69) is 28.1 Å². The van der Waals surface area contributed by atoms with Crippen molar-refractivity contribution < 1.29 is 13.2 Å². The summed E-state index contributed by atoms with van der Waals surface area (Å²) in [6.07, 6.45) is 0.951.